The number of nitrogens with zero attached hydrogens (tertiary/aromatic N) is 1. The van der Waals surface area contributed by atoms with E-state index in [0.29, 0.717) is 17.1 Å². The van der Waals surface area contributed by atoms with E-state index in [2.05, 4.69) is 0 Å². The number of hydrogen-bond donors (Lipinski definition) is 1. The van der Waals surface area contributed by atoms with Gasteiger partial charge in [0.15, 0.2) is 0 Å². The smallest absolute Gasteiger partial charge is 0.370 e. The molecule has 3 fully saturated rings. The van der Waals surface area contributed by atoms with Crippen molar-refractivity contribution in [3.8, 4) is 0 Å². The van der Waals surface area contributed by atoms with Crippen molar-refractivity contribution in [3.63, 3.8) is 0 Å². The number of quaternary nitrogens is 1. The summed E-state index contributed by atoms with van der Waals surface area (Å²) in [7, 11) is -0.336. The van der Waals surface area contributed by atoms with Gasteiger partial charge in [0, 0.05) is 0 Å². The highest BCUT2D eigenvalue weighted by Crippen LogP contribution is 2.77. The molecule has 5 heteroatoms. The lowest BCUT2D eigenvalue weighted by atomic mass is 10.5. The molecule has 3 rings (SSSR count). The Morgan fingerprint density at radius 3 is 2.30 bits per heavy atom. The Labute approximate surface area is 58.4 Å². The first kappa shape index (κ1) is 6.38. The van der Waals surface area contributed by atoms with Crippen LogP contribution < -0.4 is 0 Å². The number of likely N-dealkylation sites (N-methyl/N-ethyl adjacent to an activating group) is 1. The zero-order valence-electron chi connectivity index (χ0n) is 5.65. The predicted octanol–water partition coefficient (Wildman–Crippen LogP) is 0.149. The van der Waals surface area contributed by atoms with Gasteiger partial charge in [-0.1, -0.05) is 0 Å². The van der Waals surface area contributed by atoms with Crippen molar-refractivity contribution in [2.45, 2.75) is 5.78 Å². The Kier molecular flexibility index (Phi) is 0.838. The maximum atomic E-state index is 11.3. The van der Waals surface area contributed by atoms with Crippen molar-refractivity contribution in [2.75, 3.05) is 19.6 Å². The molecule has 0 aromatic carbocycles. The quantitative estimate of drug-likeness (QED) is 0.441. The van der Waals surface area contributed by atoms with Gasteiger partial charge < -0.3 is 9.67 Å². The van der Waals surface area contributed by atoms with Gasteiger partial charge in [0.1, 0.15) is 12.6 Å². The van der Waals surface area contributed by atoms with Gasteiger partial charge in [-0.3, -0.25) is 4.48 Å². The van der Waals surface area contributed by atoms with Gasteiger partial charge in [0.05, 0.1) is 7.05 Å². The summed E-state index contributed by atoms with van der Waals surface area (Å²) >= 11 is 0. The summed E-state index contributed by atoms with van der Waals surface area (Å²) in [6, 6.07) is 0. The minimum absolute atomic E-state index is 0.507. The summed E-state index contributed by atoms with van der Waals surface area (Å²) < 4.78 is 11.8. The summed E-state index contributed by atoms with van der Waals surface area (Å²) in [5.41, 5.74) is 0. The van der Waals surface area contributed by atoms with Gasteiger partial charge in [0.25, 0.3) is 7.14 Å². The van der Waals surface area contributed by atoms with E-state index in [9.17, 15) is 9.36 Å². The molecule has 1 unspecified atom stereocenters. The van der Waals surface area contributed by atoms with E-state index in [1.165, 1.54) is 0 Å². The van der Waals surface area contributed by atoms with Gasteiger partial charge in [-0.05, 0) is 0 Å². The van der Waals surface area contributed by atoms with Crippen LogP contribution in [0.25, 0.3) is 0 Å². The van der Waals surface area contributed by atoms with Crippen LogP contribution in [0.2, 0.25) is 0 Å². The molecule has 3 aliphatic rings. The molecule has 3 heterocycles. The molecular formula is C5H9NO3P+. The maximum absolute atomic E-state index is 11.3. The van der Waals surface area contributed by atoms with Gasteiger partial charge in [0.2, 0.25) is 5.78 Å². The summed E-state index contributed by atoms with van der Waals surface area (Å²) in [6.07, 6.45) is 1.23. The van der Waals surface area contributed by atoms with Crippen LogP contribution in [0.4, 0.5) is 0 Å². The Morgan fingerprint density at radius 1 is 1.70 bits per heavy atom. The number of rotatable bonds is 1. The standard InChI is InChI=1S/C5H8NO3P/c1-6-2-10(9,3-6)4(6)5(7)8/h4H,2-3H2,1H3/p+1. The van der Waals surface area contributed by atoms with Gasteiger partial charge >= 0.3 is 5.97 Å². The van der Waals surface area contributed by atoms with E-state index < -0.39 is 18.9 Å². The lowest BCUT2D eigenvalue weighted by Crippen LogP contribution is -2.76. The molecule has 3 aliphatic heterocycles. The Bertz CT molecular complexity index is 252. The molecule has 0 spiro atoms. The van der Waals surface area contributed by atoms with Crippen LogP contribution in [-0.2, 0) is 9.36 Å². The zero-order chi connectivity index (χ0) is 7.57. The van der Waals surface area contributed by atoms with Crippen LogP contribution in [0.5, 0.6) is 0 Å². The second-order valence-corrected chi connectivity index (χ2v) is 6.39. The molecule has 1 atom stereocenters. The summed E-state index contributed by atoms with van der Waals surface area (Å²) in [4.78, 5) is 10.4. The molecule has 3 saturated heterocycles. The molecule has 0 aromatic rings. The van der Waals surface area contributed by atoms with E-state index >= 15 is 0 Å². The van der Waals surface area contributed by atoms with Crippen molar-refractivity contribution in [1.29, 1.82) is 0 Å². The Balaban J connectivity index is 2.29. The van der Waals surface area contributed by atoms with Crippen LogP contribution in [0.1, 0.15) is 0 Å². The average Bonchev–Trinajstić information content (AvgIpc) is 1.58. The van der Waals surface area contributed by atoms with E-state index in [-0.39, 0.29) is 0 Å². The highest BCUT2D eigenvalue weighted by atomic mass is 31.2. The van der Waals surface area contributed by atoms with Crippen molar-refractivity contribution in [3.05, 3.63) is 0 Å². The lowest BCUT2D eigenvalue weighted by molar-refractivity contribution is -0.941. The van der Waals surface area contributed by atoms with E-state index in [1.807, 2.05) is 7.05 Å². The third kappa shape index (κ3) is 0.444. The van der Waals surface area contributed by atoms with Crippen molar-refractivity contribution < 1.29 is 18.9 Å². The molecule has 1 N–H and O–H groups in total. The lowest BCUT2D eigenvalue weighted by Gasteiger charge is -2.63. The minimum atomic E-state index is -2.18. The molecule has 0 aliphatic carbocycles. The summed E-state index contributed by atoms with van der Waals surface area (Å²) in [5, 5.41) is 8.58. The van der Waals surface area contributed by atoms with Crippen LogP contribution in [-0.4, -0.2) is 41.0 Å². The molecule has 0 amide bonds. The molecule has 4 nitrogen and oxygen atoms in total. The van der Waals surface area contributed by atoms with Gasteiger partial charge in [-0.15, -0.1) is 0 Å². The normalized spacial score (nSPS) is 56.7. The molecule has 56 valence electrons. The minimum Gasteiger partial charge on any atom is -0.476 e. The first-order valence-corrected chi connectivity index (χ1v) is 5.27. The molecule has 10 heavy (non-hydrogen) atoms. The SMILES string of the molecule is C[N+]12CP(=O)(C1)C2C(=O)O. The second-order valence-electron chi connectivity index (χ2n) is 3.43. The van der Waals surface area contributed by atoms with Crippen molar-refractivity contribution >= 4 is 13.1 Å². The monoisotopic (exact) mass is 162 g/mol. The fourth-order valence-corrected chi connectivity index (χ4v) is 5.90. The largest absolute Gasteiger partial charge is 0.476 e. The van der Waals surface area contributed by atoms with Crippen LogP contribution in [0.15, 0.2) is 0 Å². The number of aliphatic carboxylic acids is 1. The first-order valence-electron chi connectivity index (χ1n) is 3.13. The van der Waals surface area contributed by atoms with Crippen LogP contribution in [0.3, 0.4) is 0 Å². The van der Waals surface area contributed by atoms with Crippen molar-refractivity contribution in [1.82, 2.24) is 0 Å². The summed E-state index contributed by atoms with van der Waals surface area (Å²) in [5.74, 6) is -1.43. The topological polar surface area (TPSA) is 54.4 Å². The van der Waals surface area contributed by atoms with E-state index in [0.717, 1.165) is 0 Å². The Morgan fingerprint density at radius 2 is 2.20 bits per heavy atom. The van der Waals surface area contributed by atoms with Gasteiger partial charge in [-0.2, -0.15) is 0 Å². The molecule has 0 radical (unpaired) electrons. The molecule has 0 saturated carbocycles. The molecule has 2 bridgehead atoms. The van der Waals surface area contributed by atoms with E-state index in [4.69, 9.17) is 5.11 Å². The first-order chi connectivity index (χ1) is 4.48. The fourth-order valence-electron chi connectivity index (χ4n) is 2.15. The predicted molar refractivity (Wildman–Crippen MR) is 34.9 cm³/mol. The van der Waals surface area contributed by atoms with Gasteiger partial charge in [-0.25, -0.2) is 4.79 Å². The number of hydrogen-bond acceptors (Lipinski definition) is 2. The van der Waals surface area contributed by atoms with Crippen LogP contribution in [0, 0.1) is 0 Å². The third-order valence-corrected chi connectivity index (χ3v) is 6.30. The zero-order valence-corrected chi connectivity index (χ0v) is 6.54. The highest BCUT2D eigenvalue weighted by molar-refractivity contribution is 7.68. The maximum Gasteiger partial charge on any atom is 0.370 e. The number of carboxylic acids is 1. The molecule has 0 aromatic heterocycles. The van der Waals surface area contributed by atoms with Crippen molar-refractivity contribution in [2.24, 2.45) is 0 Å². The van der Waals surface area contributed by atoms with Crippen LogP contribution >= 0.6 is 7.14 Å². The molecular weight excluding hydrogens is 153 g/mol. The highest BCUT2D eigenvalue weighted by Gasteiger charge is 2.78. The third-order valence-electron chi connectivity index (χ3n) is 2.38. The summed E-state index contributed by atoms with van der Waals surface area (Å²) in [6.45, 7) is 0. The average molecular weight is 162 g/mol. The second kappa shape index (κ2) is 1.31. The number of carbonyl (C=O) groups is 1. The van der Waals surface area contributed by atoms with E-state index in [1.54, 1.807) is 0 Å². The Hall–Kier alpha value is -0.340. The number of carboxylic acid groups (broad SMARTS) is 1. The fraction of sp³-hybridized carbons (Fsp3) is 0.800.